The molecule has 0 atom stereocenters. The Labute approximate surface area is 161 Å². The highest BCUT2D eigenvalue weighted by atomic mass is 35.5. The third-order valence-electron chi connectivity index (χ3n) is 3.48. The number of hydrogen-bond donors (Lipinski definition) is 2. The summed E-state index contributed by atoms with van der Waals surface area (Å²) in [5, 5.41) is 16.3. The Morgan fingerprint density at radius 1 is 1.15 bits per heavy atom. The zero-order chi connectivity index (χ0) is 19.8. The molecule has 0 aliphatic carbocycles. The lowest BCUT2D eigenvalue weighted by Crippen LogP contribution is -2.12. The summed E-state index contributed by atoms with van der Waals surface area (Å²) in [4.78, 5) is 34.0. The molecule has 0 aliphatic heterocycles. The molecule has 0 aliphatic rings. The van der Waals surface area contributed by atoms with Gasteiger partial charge in [0.15, 0.2) is 0 Å². The van der Waals surface area contributed by atoms with E-state index in [0.717, 1.165) is 6.42 Å². The number of benzene rings is 2. The molecule has 0 unspecified atom stereocenters. The summed E-state index contributed by atoms with van der Waals surface area (Å²) >= 11 is 5.76. The number of nitrogens with one attached hydrogen (secondary N) is 2. The topological polar surface area (TPSA) is 101 Å². The van der Waals surface area contributed by atoms with Crippen molar-refractivity contribution in [3.63, 3.8) is 0 Å². The SMILES string of the molecule is CCCC(=O)Nc1cccc(NC(=O)C=Cc2ccc(Cl)c([N+](=O)[O-])c2)c1. The van der Waals surface area contributed by atoms with Gasteiger partial charge in [0.2, 0.25) is 11.8 Å². The van der Waals surface area contributed by atoms with Crippen molar-refractivity contribution in [2.45, 2.75) is 19.8 Å². The summed E-state index contributed by atoms with van der Waals surface area (Å²) in [7, 11) is 0. The number of rotatable bonds is 7. The first kappa shape index (κ1) is 20.1. The normalized spacial score (nSPS) is 10.6. The fourth-order valence-corrected chi connectivity index (χ4v) is 2.44. The van der Waals surface area contributed by atoms with Gasteiger partial charge >= 0.3 is 0 Å². The molecule has 0 aromatic heterocycles. The molecule has 0 spiro atoms. The van der Waals surface area contributed by atoms with Crippen LogP contribution in [0.1, 0.15) is 25.3 Å². The van der Waals surface area contributed by atoms with Gasteiger partial charge in [0.25, 0.3) is 5.69 Å². The molecule has 2 aromatic carbocycles. The highest BCUT2D eigenvalue weighted by Crippen LogP contribution is 2.25. The largest absolute Gasteiger partial charge is 0.326 e. The van der Waals surface area contributed by atoms with E-state index in [1.165, 1.54) is 24.3 Å². The lowest BCUT2D eigenvalue weighted by atomic mass is 10.2. The zero-order valence-corrected chi connectivity index (χ0v) is 15.3. The fraction of sp³-hybridized carbons (Fsp3) is 0.158. The van der Waals surface area contributed by atoms with Gasteiger partial charge in [-0.05, 0) is 42.3 Å². The van der Waals surface area contributed by atoms with E-state index in [0.29, 0.717) is 23.4 Å². The number of amides is 2. The molecule has 2 aromatic rings. The van der Waals surface area contributed by atoms with Gasteiger partial charge < -0.3 is 10.6 Å². The van der Waals surface area contributed by atoms with Gasteiger partial charge in [-0.2, -0.15) is 0 Å². The van der Waals surface area contributed by atoms with Crippen LogP contribution in [0.3, 0.4) is 0 Å². The van der Waals surface area contributed by atoms with Crippen molar-refractivity contribution in [1.82, 2.24) is 0 Å². The number of hydrogen-bond acceptors (Lipinski definition) is 4. The Hall–Kier alpha value is -3.19. The molecule has 0 radical (unpaired) electrons. The third kappa shape index (κ3) is 6.23. The van der Waals surface area contributed by atoms with Crippen molar-refractivity contribution in [1.29, 1.82) is 0 Å². The van der Waals surface area contributed by atoms with Crippen LogP contribution in [-0.4, -0.2) is 16.7 Å². The standard InChI is InChI=1S/C19H18ClN3O4/c1-2-4-18(24)21-14-5-3-6-15(12-14)22-19(25)10-8-13-7-9-16(20)17(11-13)23(26)27/h3,5-12H,2,4H2,1H3,(H,21,24)(H,22,25). The minimum Gasteiger partial charge on any atom is -0.326 e. The lowest BCUT2D eigenvalue weighted by molar-refractivity contribution is -0.384. The van der Waals surface area contributed by atoms with Gasteiger partial charge in [-0.15, -0.1) is 0 Å². The summed E-state index contributed by atoms with van der Waals surface area (Å²) in [6.07, 6.45) is 3.88. The highest BCUT2D eigenvalue weighted by Gasteiger charge is 2.11. The van der Waals surface area contributed by atoms with Crippen LogP contribution in [0, 0.1) is 10.1 Å². The number of carbonyl (C=O) groups excluding carboxylic acids is 2. The fourth-order valence-electron chi connectivity index (χ4n) is 2.25. The maximum atomic E-state index is 12.1. The maximum Gasteiger partial charge on any atom is 0.288 e. The summed E-state index contributed by atoms with van der Waals surface area (Å²) in [6.45, 7) is 1.91. The quantitative estimate of drug-likeness (QED) is 0.410. The van der Waals surface area contributed by atoms with E-state index in [2.05, 4.69) is 10.6 Å². The Balaban J connectivity index is 2.03. The third-order valence-corrected chi connectivity index (χ3v) is 3.80. The number of anilines is 2. The zero-order valence-electron chi connectivity index (χ0n) is 14.6. The minimum absolute atomic E-state index is 0.0311. The molecule has 140 valence electrons. The van der Waals surface area contributed by atoms with Crippen LogP contribution < -0.4 is 10.6 Å². The molecule has 7 nitrogen and oxygen atoms in total. The van der Waals surface area contributed by atoms with Crippen molar-refractivity contribution in [2.75, 3.05) is 10.6 Å². The molecule has 0 fully saturated rings. The van der Waals surface area contributed by atoms with Crippen LogP contribution in [0.25, 0.3) is 6.08 Å². The van der Waals surface area contributed by atoms with Gasteiger partial charge in [0, 0.05) is 29.9 Å². The molecular weight excluding hydrogens is 370 g/mol. The van der Waals surface area contributed by atoms with Crippen molar-refractivity contribution < 1.29 is 14.5 Å². The van der Waals surface area contributed by atoms with Gasteiger partial charge in [0.05, 0.1) is 4.92 Å². The summed E-state index contributed by atoms with van der Waals surface area (Å²) < 4.78 is 0. The van der Waals surface area contributed by atoms with Crippen LogP contribution in [0.15, 0.2) is 48.5 Å². The first-order valence-corrected chi connectivity index (χ1v) is 8.59. The first-order chi connectivity index (χ1) is 12.9. The van der Waals surface area contributed by atoms with E-state index in [4.69, 9.17) is 11.6 Å². The first-order valence-electron chi connectivity index (χ1n) is 8.22. The van der Waals surface area contributed by atoms with Crippen LogP contribution in [0.5, 0.6) is 0 Å². The predicted molar refractivity (Wildman–Crippen MR) is 106 cm³/mol. The number of nitrogens with zero attached hydrogens (tertiary/aromatic N) is 1. The number of nitro groups is 1. The predicted octanol–water partition coefficient (Wildman–Crippen LogP) is 4.64. The molecule has 2 rings (SSSR count). The van der Waals surface area contributed by atoms with Gasteiger partial charge in [-0.3, -0.25) is 19.7 Å². The summed E-state index contributed by atoms with van der Waals surface area (Å²) in [5.74, 6) is -0.505. The van der Waals surface area contributed by atoms with Crippen molar-refractivity contribution in [2.24, 2.45) is 0 Å². The smallest absolute Gasteiger partial charge is 0.288 e. The maximum absolute atomic E-state index is 12.1. The van der Waals surface area contributed by atoms with E-state index in [1.54, 1.807) is 30.3 Å². The Morgan fingerprint density at radius 2 is 1.85 bits per heavy atom. The average molecular weight is 388 g/mol. The Morgan fingerprint density at radius 3 is 2.52 bits per heavy atom. The van der Waals surface area contributed by atoms with Crippen LogP contribution in [-0.2, 0) is 9.59 Å². The molecular formula is C19H18ClN3O4. The van der Waals surface area contributed by atoms with Crippen molar-refractivity contribution in [3.05, 3.63) is 69.2 Å². The van der Waals surface area contributed by atoms with Crippen molar-refractivity contribution >= 4 is 46.6 Å². The van der Waals surface area contributed by atoms with Gasteiger partial charge in [-0.25, -0.2) is 0 Å². The number of carbonyl (C=O) groups is 2. The number of halogens is 1. The molecule has 0 heterocycles. The highest BCUT2D eigenvalue weighted by molar-refractivity contribution is 6.32. The van der Waals surface area contributed by atoms with E-state index in [-0.39, 0.29) is 16.6 Å². The second kappa shape index (κ2) is 9.49. The average Bonchev–Trinajstić information content (AvgIpc) is 2.61. The molecule has 0 saturated carbocycles. The van der Waals surface area contributed by atoms with Gasteiger partial charge in [0.1, 0.15) is 5.02 Å². The Bertz CT molecular complexity index is 896. The molecule has 0 saturated heterocycles. The van der Waals surface area contributed by atoms with E-state index in [1.807, 2.05) is 6.92 Å². The van der Waals surface area contributed by atoms with E-state index >= 15 is 0 Å². The molecule has 27 heavy (non-hydrogen) atoms. The molecule has 2 N–H and O–H groups in total. The second-order valence-corrected chi connectivity index (χ2v) is 6.08. The Kier molecular flexibility index (Phi) is 7.08. The summed E-state index contributed by atoms with van der Waals surface area (Å²) in [6, 6.07) is 11.0. The van der Waals surface area contributed by atoms with Crippen molar-refractivity contribution in [3.8, 4) is 0 Å². The molecule has 8 heteroatoms. The van der Waals surface area contributed by atoms with E-state index in [9.17, 15) is 19.7 Å². The van der Waals surface area contributed by atoms with Crippen LogP contribution >= 0.6 is 11.6 Å². The molecule has 2 amide bonds. The minimum atomic E-state index is -0.585. The summed E-state index contributed by atoms with van der Waals surface area (Å²) in [5.41, 5.74) is 1.35. The van der Waals surface area contributed by atoms with E-state index < -0.39 is 10.8 Å². The van der Waals surface area contributed by atoms with Crippen LogP contribution in [0.4, 0.5) is 17.1 Å². The van der Waals surface area contributed by atoms with Crippen LogP contribution in [0.2, 0.25) is 5.02 Å². The lowest BCUT2D eigenvalue weighted by Gasteiger charge is -2.07. The monoisotopic (exact) mass is 387 g/mol. The molecule has 0 bridgehead atoms. The second-order valence-electron chi connectivity index (χ2n) is 5.67. The number of nitro benzene ring substituents is 1. The van der Waals surface area contributed by atoms with Gasteiger partial charge in [-0.1, -0.05) is 30.7 Å².